The van der Waals surface area contributed by atoms with Gasteiger partial charge in [0.2, 0.25) is 0 Å². The van der Waals surface area contributed by atoms with Crippen molar-refractivity contribution in [3.8, 4) is 16.9 Å². The summed E-state index contributed by atoms with van der Waals surface area (Å²) >= 11 is 3.28. The number of aldehydes is 1. The summed E-state index contributed by atoms with van der Waals surface area (Å²) in [6.07, 6.45) is 2.54. The maximum atomic E-state index is 11.0. The van der Waals surface area contributed by atoms with Gasteiger partial charge in [-0.05, 0) is 45.8 Å². The van der Waals surface area contributed by atoms with Crippen molar-refractivity contribution in [1.82, 2.24) is 4.98 Å². The van der Waals surface area contributed by atoms with E-state index in [9.17, 15) is 4.79 Å². The van der Waals surface area contributed by atoms with Crippen molar-refractivity contribution in [2.24, 2.45) is 0 Å². The van der Waals surface area contributed by atoms with Gasteiger partial charge >= 0.3 is 0 Å². The Labute approximate surface area is 108 Å². The van der Waals surface area contributed by atoms with E-state index in [0.29, 0.717) is 11.3 Å². The van der Waals surface area contributed by atoms with Crippen LogP contribution in [0.2, 0.25) is 0 Å². The molecule has 0 radical (unpaired) electrons. The Balaban J connectivity index is 2.55. The zero-order valence-electron chi connectivity index (χ0n) is 9.18. The lowest BCUT2D eigenvalue weighted by molar-refractivity contribution is 0.112. The van der Waals surface area contributed by atoms with Gasteiger partial charge in [-0.2, -0.15) is 0 Å². The standard InChI is InChI=1S/C13H10BrNO2/c1-17-11-4-2-10(8-16)12(6-11)9-3-5-13(14)15-7-9/h2-8H,1H3. The second kappa shape index (κ2) is 5.10. The van der Waals surface area contributed by atoms with Gasteiger partial charge in [0.05, 0.1) is 7.11 Å². The number of ether oxygens (including phenoxy) is 1. The summed E-state index contributed by atoms with van der Waals surface area (Å²) in [5, 5.41) is 0. The van der Waals surface area contributed by atoms with Crippen molar-refractivity contribution in [2.75, 3.05) is 7.11 Å². The minimum Gasteiger partial charge on any atom is -0.497 e. The van der Waals surface area contributed by atoms with E-state index in [1.807, 2.05) is 18.2 Å². The number of halogens is 1. The van der Waals surface area contributed by atoms with Crippen LogP contribution in [0, 0.1) is 0 Å². The molecule has 0 aliphatic rings. The first kappa shape index (κ1) is 11.8. The van der Waals surface area contributed by atoms with Crippen molar-refractivity contribution >= 4 is 22.2 Å². The smallest absolute Gasteiger partial charge is 0.150 e. The molecule has 0 aliphatic carbocycles. The quantitative estimate of drug-likeness (QED) is 0.643. The van der Waals surface area contributed by atoms with Crippen molar-refractivity contribution < 1.29 is 9.53 Å². The molecule has 2 rings (SSSR count). The highest BCUT2D eigenvalue weighted by Crippen LogP contribution is 2.27. The molecule has 3 nitrogen and oxygen atoms in total. The Morgan fingerprint density at radius 3 is 2.71 bits per heavy atom. The topological polar surface area (TPSA) is 39.2 Å². The monoisotopic (exact) mass is 291 g/mol. The van der Waals surface area contributed by atoms with Crippen molar-refractivity contribution in [2.45, 2.75) is 0 Å². The molecular formula is C13H10BrNO2. The minimum absolute atomic E-state index is 0.620. The van der Waals surface area contributed by atoms with Gasteiger partial charge in [-0.1, -0.05) is 6.07 Å². The molecule has 0 spiro atoms. The van der Waals surface area contributed by atoms with Crippen molar-refractivity contribution in [3.05, 3.63) is 46.7 Å². The fourth-order valence-corrected chi connectivity index (χ4v) is 1.78. The van der Waals surface area contributed by atoms with Gasteiger partial charge in [0.1, 0.15) is 10.4 Å². The lowest BCUT2D eigenvalue weighted by Gasteiger charge is -2.07. The van der Waals surface area contributed by atoms with E-state index in [1.165, 1.54) is 0 Å². The number of hydrogen-bond donors (Lipinski definition) is 0. The third-order valence-corrected chi connectivity index (χ3v) is 2.89. The molecule has 1 aromatic heterocycles. The first-order valence-electron chi connectivity index (χ1n) is 4.99. The molecule has 0 bridgehead atoms. The zero-order chi connectivity index (χ0) is 12.3. The number of nitrogens with zero attached hydrogens (tertiary/aromatic N) is 1. The van der Waals surface area contributed by atoms with E-state index in [0.717, 1.165) is 22.0 Å². The molecule has 0 fully saturated rings. The lowest BCUT2D eigenvalue weighted by atomic mass is 10.0. The third kappa shape index (κ3) is 2.53. The van der Waals surface area contributed by atoms with Crippen LogP contribution in [0.25, 0.3) is 11.1 Å². The molecule has 1 aromatic carbocycles. The van der Waals surface area contributed by atoms with Crippen molar-refractivity contribution in [3.63, 3.8) is 0 Å². The van der Waals surface area contributed by atoms with E-state index >= 15 is 0 Å². The Morgan fingerprint density at radius 2 is 2.12 bits per heavy atom. The first-order valence-corrected chi connectivity index (χ1v) is 5.79. The van der Waals surface area contributed by atoms with Crippen LogP contribution in [0.5, 0.6) is 5.75 Å². The molecule has 1 heterocycles. The fourth-order valence-electron chi connectivity index (χ4n) is 1.55. The number of methoxy groups -OCH3 is 1. The van der Waals surface area contributed by atoms with E-state index < -0.39 is 0 Å². The van der Waals surface area contributed by atoms with Crippen LogP contribution in [0.3, 0.4) is 0 Å². The number of benzene rings is 1. The molecule has 4 heteroatoms. The number of rotatable bonds is 3. The Morgan fingerprint density at radius 1 is 1.29 bits per heavy atom. The van der Waals surface area contributed by atoms with Gasteiger partial charge in [-0.3, -0.25) is 4.79 Å². The molecule has 17 heavy (non-hydrogen) atoms. The summed E-state index contributed by atoms with van der Waals surface area (Å²) in [7, 11) is 1.60. The van der Waals surface area contributed by atoms with Gasteiger partial charge in [-0.25, -0.2) is 4.98 Å². The highest BCUT2D eigenvalue weighted by atomic mass is 79.9. The first-order chi connectivity index (χ1) is 8.24. The van der Waals surface area contributed by atoms with Crippen LogP contribution in [0.1, 0.15) is 10.4 Å². The summed E-state index contributed by atoms with van der Waals surface area (Å²) < 4.78 is 5.91. The second-order valence-electron chi connectivity index (χ2n) is 3.44. The molecule has 0 unspecified atom stereocenters. The van der Waals surface area contributed by atoms with Gasteiger partial charge in [0, 0.05) is 17.3 Å². The van der Waals surface area contributed by atoms with E-state index in [1.54, 1.807) is 25.4 Å². The van der Waals surface area contributed by atoms with Gasteiger partial charge in [0.25, 0.3) is 0 Å². The Kier molecular flexibility index (Phi) is 3.54. The van der Waals surface area contributed by atoms with E-state index in [4.69, 9.17) is 4.74 Å². The predicted octanol–water partition coefficient (Wildman–Crippen LogP) is 3.33. The van der Waals surface area contributed by atoms with Gasteiger partial charge in [-0.15, -0.1) is 0 Å². The molecule has 0 atom stereocenters. The van der Waals surface area contributed by atoms with E-state index in [-0.39, 0.29) is 0 Å². The summed E-state index contributed by atoms with van der Waals surface area (Å²) in [6.45, 7) is 0. The Hall–Kier alpha value is -1.68. The van der Waals surface area contributed by atoms with Crippen LogP contribution in [0.15, 0.2) is 41.1 Å². The Bertz CT molecular complexity index is 538. The second-order valence-corrected chi connectivity index (χ2v) is 4.25. The third-order valence-electron chi connectivity index (χ3n) is 2.43. The van der Waals surface area contributed by atoms with Gasteiger partial charge < -0.3 is 4.74 Å². The number of hydrogen-bond acceptors (Lipinski definition) is 3. The molecule has 0 aliphatic heterocycles. The number of aromatic nitrogens is 1. The molecular weight excluding hydrogens is 282 g/mol. The summed E-state index contributed by atoms with van der Waals surface area (Å²) in [5.74, 6) is 0.716. The maximum absolute atomic E-state index is 11.0. The lowest BCUT2D eigenvalue weighted by Crippen LogP contribution is -1.91. The molecule has 0 N–H and O–H groups in total. The van der Waals surface area contributed by atoms with E-state index in [2.05, 4.69) is 20.9 Å². The van der Waals surface area contributed by atoms with Crippen LogP contribution in [-0.2, 0) is 0 Å². The number of carbonyl (C=O) groups excluding carboxylic acids is 1. The normalized spacial score (nSPS) is 10.0. The van der Waals surface area contributed by atoms with Crippen LogP contribution in [0.4, 0.5) is 0 Å². The summed E-state index contributed by atoms with van der Waals surface area (Å²) in [5.41, 5.74) is 2.32. The highest BCUT2D eigenvalue weighted by Gasteiger charge is 2.06. The largest absolute Gasteiger partial charge is 0.497 e. The SMILES string of the molecule is COc1ccc(C=O)c(-c2ccc(Br)nc2)c1. The number of pyridine rings is 1. The maximum Gasteiger partial charge on any atom is 0.150 e. The highest BCUT2D eigenvalue weighted by molar-refractivity contribution is 9.10. The van der Waals surface area contributed by atoms with Gasteiger partial charge in [0.15, 0.2) is 6.29 Å². The van der Waals surface area contributed by atoms with Crippen LogP contribution >= 0.6 is 15.9 Å². The average molecular weight is 292 g/mol. The molecule has 0 saturated heterocycles. The summed E-state index contributed by atoms with van der Waals surface area (Å²) in [6, 6.07) is 9.07. The molecule has 0 saturated carbocycles. The number of carbonyl (C=O) groups is 1. The molecule has 0 amide bonds. The molecule has 2 aromatic rings. The van der Waals surface area contributed by atoms with Crippen LogP contribution in [-0.4, -0.2) is 18.4 Å². The minimum atomic E-state index is 0.620. The van der Waals surface area contributed by atoms with Crippen molar-refractivity contribution in [1.29, 1.82) is 0 Å². The zero-order valence-corrected chi connectivity index (χ0v) is 10.8. The summed E-state index contributed by atoms with van der Waals surface area (Å²) in [4.78, 5) is 15.1. The van der Waals surface area contributed by atoms with Crippen LogP contribution < -0.4 is 4.74 Å². The average Bonchev–Trinajstić information content (AvgIpc) is 2.39. The molecule has 86 valence electrons. The predicted molar refractivity (Wildman–Crippen MR) is 69.3 cm³/mol. The fraction of sp³-hybridized carbons (Fsp3) is 0.0769.